The minimum absolute atomic E-state index is 0.113. The molecule has 1 saturated heterocycles. The Hall–Kier alpha value is -1.71. The Morgan fingerprint density at radius 1 is 1.12 bits per heavy atom. The fourth-order valence-electron chi connectivity index (χ4n) is 4.27. The van der Waals surface area contributed by atoms with Gasteiger partial charge in [-0.15, -0.1) is 0 Å². The average Bonchev–Trinajstić information content (AvgIpc) is 3.25. The molecule has 26 heavy (non-hydrogen) atoms. The number of likely N-dealkylation sites (tertiary alicyclic amines) is 1. The van der Waals surface area contributed by atoms with Crippen molar-refractivity contribution < 1.29 is 14.3 Å². The fourth-order valence-corrected chi connectivity index (χ4v) is 4.27. The van der Waals surface area contributed by atoms with Gasteiger partial charge in [-0.3, -0.25) is 4.79 Å². The molecule has 1 aliphatic carbocycles. The Kier molecular flexibility index (Phi) is 5.79. The van der Waals surface area contributed by atoms with Crippen LogP contribution in [0.1, 0.15) is 76.1 Å². The number of amides is 1. The van der Waals surface area contributed by atoms with Crippen molar-refractivity contribution in [3.05, 3.63) is 23.8 Å². The quantitative estimate of drug-likeness (QED) is 0.738. The maximum absolute atomic E-state index is 13.1. The maximum Gasteiger partial charge on any atom is 0.254 e. The van der Waals surface area contributed by atoms with Gasteiger partial charge < -0.3 is 14.4 Å². The molecule has 0 radical (unpaired) electrons. The Morgan fingerprint density at radius 2 is 1.85 bits per heavy atom. The first-order chi connectivity index (χ1) is 12.4. The van der Waals surface area contributed by atoms with Crippen LogP contribution in [0, 0.1) is 5.41 Å². The minimum atomic E-state index is 0.113. The molecule has 2 aliphatic rings. The van der Waals surface area contributed by atoms with E-state index >= 15 is 0 Å². The summed E-state index contributed by atoms with van der Waals surface area (Å²) in [4.78, 5) is 15.1. The van der Waals surface area contributed by atoms with Crippen molar-refractivity contribution >= 4 is 5.91 Å². The number of rotatable bonds is 5. The highest BCUT2D eigenvalue weighted by atomic mass is 16.5. The minimum Gasteiger partial charge on any atom is -0.493 e. The van der Waals surface area contributed by atoms with Crippen LogP contribution in [0.4, 0.5) is 0 Å². The van der Waals surface area contributed by atoms with Gasteiger partial charge >= 0.3 is 0 Å². The average molecular weight is 360 g/mol. The number of carbonyl (C=O) groups is 1. The fraction of sp³-hybridized carbons (Fsp3) is 0.682. The van der Waals surface area contributed by atoms with E-state index in [1.165, 1.54) is 12.8 Å². The third-order valence-corrected chi connectivity index (χ3v) is 5.49. The monoisotopic (exact) mass is 359 g/mol. The van der Waals surface area contributed by atoms with Crippen LogP contribution in [0.2, 0.25) is 0 Å². The summed E-state index contributed by atoms with van der Waals surface area (Å²) in [7, 11) is 1.64. The van der Waals surface area contributed by atoms with Crippen LogP contribution in [0.3, 0.4) is 0 Å². The molecule has 0 aromatic heterocycles. The summed E-state index contributed by atoms with van der Waals surface area (Å²) in [5, 5.41) is 0. The zero-order valence-corrected chi connectivity index (χ0v) is 16.7. The van der Waals surface area contributed by atoms with E-state index in [0.29, 0.717) is 17.4 Å². The van der Waals surface area contributed by atoms with Gasteiger partial charge in [0.1, 0.15) is 0 Å². The molecule has 2 fully saturated rings. The Balaban J connectivity index is 1.74. The molecular weight excluding hydrogens is 326 g/mol. The molecular formula is C22H33NO3. The van der Waals surface area contributed by atoms with Gasteiger partial charge in [0.05, 0.1) is 13.2 Å². The number of hydrogen-bond acceptors (Lipinski definition) is 3. The van der Waals surface area contributed by atoms with E-state index in [4.69, 9.17) is 9.47 Å². The summed E-state index contributed by atoms with van der Waals surface area (Å²) in [6.45, 7) is 7.58. The Labute approximate surface area is 157 Å². The number of methoxy groups -OCH3 is 1. The molecule has 1 atom stereocenters. The number of carbonyl (C=O) groups excluding carboxylic acids is 1. The standard InChI is InChI=1S/C22H33NO3/c1-22(2,3)15-17-8-7-13-23(17)21(24)16-11-12-19(20(14-16)25-4)26-18-9-5-6-10-18/h11-12,14,17-18H,5-10,13,15H2,1-4H3. The molecule has 3 rings (SSSR count). The SMILES string of the molecule is COc1cc(C(=O)N2CCCC2CC(C)(C)C)ccc1OC1CCCC1. The number of ether oxygens (including phenoxy) is 2. The van der Waals surface area contributed by atoms with Crippen LogP contribution < -0.4 is 9.47 Å². The first-order valence-corrected chi connectivity index (χ1v) is 10.0. The zero-order chi connectivity index (χ0) is 18.7. The topological polar surface area (TPSA) is 38.8 Å². The molecule has 1 aromatic carbocycles. The molecule has 1 aliphatic heterocycles. The molecule has 1 heterocycles. The third kappa shape index (κ3) is 4.52. The molecule has 0 N–H and O–H groups in total. The van der Waals surface area contributed by atoms with Crippen molar-refractivity contribution in [3.63, 3.8) is 0 Å². The summed E-state index contributed by atoms with van der Waals surface area (Å²) in [5.41, 5.74) is 0.922. The Morgan fingerprint density at radius 3 is 2.50 bits per heavy atom. The van der Waals surface area contributed by atoms with Crippen LogP contribution in [-0.2, 0) is 0 Å². The van der Waals surface area contributed by atoms with Crippen LogP contribution >= 0.6 is 0 Å². The van der Waals surface area contributed by atoms with E-state index in [2.05, 4.69) is 25.7 Å². The van der Waals surface area contributed by atoms with Gasteiger partial charge in [-0.25, -0.2) is 0 Å². The molecule has 0 spiro atoms. The summed E-state index contributed by atoms with van der Waals surface area (Å²) >= 11 is 0. The van der Waals surface area contributed by atoms with Crippen LogP contribution in [0.5, 0.6) is 11.5 Å². The van der Waals surface area contributed by atoms with E-state index in [9.17, 15) is 4.79 Å². The van der Waals surface area contributed by atoms with E-state index in [1.807, 2.05) is 18.2 Å². The lowest BCUT2D eigenvalue weighted by atomic mass is 9.87. The second-order valence-electron chi connectivity index (χ2n) is 8.95. The first kappa shape index (κ1) is 19.1. The van der Waals surface area contributed by atoms with Crippen molar-refractivity contribution in [2.45, 2.75) is 77.9 Å². The second-order valence-corrected chi connectivity index (χ2v) is 8.95. The highest BCUT2D eigenvalue weighted by Gasteiger charge is 2.32. The Bertz CT molecular complexity index is 629. The molecule has 1 aromatic rings. The van der Waals surface area contributed by atoms with E-state index in [1.54, 1.807) is 7.11 Å². The van der Waals surface area contributed by atoms with Gasteiger partial charge in [-0.05, 0) is 68.6 Å². The molecule has 1 amide bonds. The number of benzene rings is 1. The smallest absolute Gasteiger partial charge is 0.254 e. The molecule has 4 nitrogen and oxygen atoms in total. The maximum atomic E-state index is 13.1. The summed E-state index contributed by atoms with van der Waals surface area (Å²) in [6.07, 6.45) is 8.17. The highest BCUT2D eigenvalue weighted by Crippen LogP contribution is 2.34. The molecule has 4 heteroatoms. The molecule has 1 saturated carbocycles. The third-order valence-electron chi connectivity index (χ3n) is 5.49. The van der Waals surface area contributed by atoms with Gasteiger partial charge in [0.2, 0.25) is 0 Å². The molecule has 1 unspecified atom stereocenters. The van der Waals surface area contributed by atoms with Crippen LogP contribution in [0.15, 0.2) is 18.2 Å². The van der Waals surface area contributed by atoms with E-state index in [-0.39, 0.29) is 17.4 Å². The van der Waals surface area contributed by atoms with Crippen molar-refractivity contribution in [2.75, 3.05) is 13.7 Å². The predicted molar refractivity (Wildman–Crippen MR) is 104 cm³/mol. The number of hydrogen-bond donors (Lipinski definition) is 0. The lowest BCUT2D eigenvalue weighted by molar-refractivity contribution is 0.0703. The summed E-state index contributed by atoms with van der Waals surface area (Å²) in [5.74, 6) is 1.53. The van der Waals surface area contributed by atoms with Crippen molar-refractivity contribution in [3.8, 4) is 11.5 Å². The van der Waals surface area contributed by atoms with Gasteiger partial charge in [0.15, 0.2) is 11.5 Å². The van der Waals surface area contributed by atoms with E-state index in [0.717, 1.165) is 44.4 Å². The molecule has 144 valence electrons. The first-order valence-electron chi connectivity index (χ1n) is 10.0. The van der Waals surface area contributed by atoms with Crippen LogP contribution in [-0.4, -0.2) is 36.6 Å². The van der Waals surface area contributed by atoms with Gasteiger partial charge in [0, 0.05) is 18.2 Å². The van der Waals surface area contributed by atoms with Crippen molar-refractivity contribution in [2.24, 2.45) is 5.41 Å². The second kappa shape index (κ2) is 7.89. The van der Waals surface area contributed by atoms with Crippen molar-refractivity contribution in [1.29, 1.82) is 0 Å². The lowest BCUT2D eigenvalue weighted by Gasteiger charge is -2.30. The van der Waals surface area contributed by atoms with Gasteiger partial charge in [-0.2, -0.15) is 0 Å². The van der Waals surface area contributed by atoms with Crippen molar-refractivity contribution in [1.82, 2.24) is 4.90 Å². The lowest BCUT2D eigenvalue weighted by Crippen LogP contribution is -2.37. The van der Waals surface area contributed by atoms with Crippen LogP contribution in [0.25, 0.3) is 0 Å². The highest BCUT2D eigenvalue weighted by molar-refractivity contribution is 5.95. The largest absolute Gasteiger partial charge is 0.493 e. The normalized spacial score (nSPS) is 21.2. The number of nitrogens with zero attached hydrogens (tertiary/aromatic N) is 1. The predicted octanol–water partition coefficient (Wildman–Crippen LogP) is 5.06. The zero-order valence-electron chi connectivity index (χ0n) is 16.7. The van der Waals surface area contributed by atoms with E-state index < -0.39 is 0 Å². The summed E-state index contributed by atoms with van der Waals surface area (Å²) in [6, 6.07) is 5.97. The van der Waals surface area contributed by atoms with Gasteiger partial charge in [-0.1, -0.05) is 20.8 Å². The summed E-state index contributed by atoms with van der Waals surface area (Å²) < 4.78 is 11.6. The van der Waals surface area contributed by atoms with Gasteiger partial charge in [0.25, 0.3) is 5.91 Å². The molecule has 0 bridgehead atoms.